The van der Waals surface area contributed by atoms with Gasteiger partial charge in [-0.25, -0.2) is 9.37 Å². The minimum Gasteiger partial charge on any atom is -0.508 e. The van der Waals surface area contributed by atoms with E-state index in [1.54, 1.807) is 24.3 Å². The predicted molar refractivity (Wildman–Crippen MR) is 99.0 cm³/mol. The number of phenols is 1. The van der Waals surface area contributed by atoms with Gasteiger partial charge in [0.1, 0.15) is 23.9 Å². The van der Waals surface area contributed by atoms with Crippen LogP contribution in [0.4, 0.5) is 10.2 Å². The monoisotopic (exact) mass is 354 g/mol. The number of fused-ring (bicyclic) bond motifs is 1. The van der Waals surface area contributed by atoms with Crippen LogP contribution in [0.3, 0.4) is 0 Å². The second kappa shape index (κ2) is 7.00. The summed E-state index contributed by atoms with van der Waals surface area (Å²) in [5, 5.41) is 22.5. The summed E-state index contributed by atoms with van der Waals surface area (Å²) < 4.78 is 13.4. The van der Waals surface area contributed by atoms with Crippen molar-refractivity contribution in [2.45, 2.75) is 19.8 Å². The maximum atomic E-state index is 13.4. The van der Waals surface area contributed by atoms with Crippen molar-refractivity contribution in [2.24, 2.45) is 0 Å². The summed E-state index contributed by atoms with van der Waals surface area (Å²) in [6.45, 7) is 3.70. The number of rotatable bonds is 5. The highest BCUT2D eigenvalue weighted by atomic mass is 19.1. The quantitative estimate of drug-likeness (QED) is 0.634. The number of nitrogens with one attached hydrogen (secondary N) is 1. The molecule has 0 radical (unpaired) electrons. The van der Waals surface area contributed by atoms with Gasteiger partial charge in [0.2, 0.25) is 0 Å². The summed E-state index contributed by atoms with van der Waals surface area (Å²) in [6.07, 6.45) is 0. The third-order valence-corrected chi connectivity index (χ3v) is 4.12. The molecule has 0 fully saturated rings. The van der Waals surface area contributed by atoms with Crippen LogP contribution < -0.4 is 5.32 Å². The van der Waals surface area contributed by atoms with Gasteiger partial charge in [-0.15, -0.1) is 0 Å². The highest BCUT2D eigenvalue weighted by Crippen LogP contribution is 2.40. The molecule has 0 aliphatic heterocycles. The number of benzene rings is 2. The summed E-state index contributed by atoms with van der Waals surface area (Å²) >= 11 is 0. The van der Waals surface area contributed by atoms with E-state index in [-0.39, 0.29) is 24.0 Å². The van der Waals surface area contributed by atoms with E-state index < -0.39 is 5.97 Å². The highest BCUT2D eigenvalue weighted by molar-refractivity contribution is 5.99. The lowest BCUT2D eigenvalue weighted by Gasteiger charge is -2.20. The number of pyridine rings is 1. The summed E-state index contributed by atoms with van der Waals surface area (Å²) in [7, 11) is 0. The maximum Gasteiger partial charge on any atom is 0.322 e. The lowest BCUT2D eigenvalue weighted by Crippen LogP contribution is -2.15. The van der Waals surface area contributed by atoms with Crippen molar-refractivity contribution in [3.8, 4) is 16.9 Å². The Morgan fingerprint density at radius 1 is 1.19 bits per heavy atom. The Morgan fingerprint density at radius 3 is 2.50 bits per heavy atom. The smallest absolute Gasteiger partial charge is 0.322 e. The molecule has 26 heavy (non-hydrogen) atoms. The Morgan fingerprint density at radius 2 is 1.88 bits per heavy atom. The second-order valence-electron chi connectivity index (χ2n) is 6.36. The van der Waals surface area contributed by atoms with E-state index in [1.807, 2.05) is 13.8 Å². The summed E-state index contributed by atoms with van der Waals surface area (Å²) in [5.41, 5.74) is 3.02. The average molecular weight is 354 g/mol. The van der Waals surface area contributed by atoms with Gasteiger partial charge < -0.3 is 15.5 Å². The second-order valence-corrected chi connectivity index (χ2v) is 6.36. The first-order chi connectivity index (χ1) is 12.4. The minimum absolute atomic E-state index is 0.0389. The van der Waals surface area contributed by atoms with Gasteiger partial charge >= 0.3 is 5.97 Å². The fourth-order valence-corrected chi connectivity index (χ4v) is 3.05. The zero-order valence-corrected chi connectivity index (χ0v) is 14.5. The number of aliphatic carboxylic acids is 1. The van der Waals surface area contributed by atoms with Crippen LogP contribution in [0.5, 0.6) is 5.75 Å². The summed E-state index contributed by atoms with van der Waals surface area (Å²) in [5.74, 6) is -0.783. The number of hydrogen-bond donors (Lipinski definition) is 3. The molecule has 0 saturated heterocycles. The van der Waals surface area contributed by atoms with E-state index in [9.17, 15) is 14.3 Å². The van der Waals surface area contributed by atoms with Crippen LogP contribution >= 0.6 is 0 Å². The van der Waals surface area contributed by atoms with Crippen molar-refractivity contribution in [1.29, 1.82) is 0 Å². The molecule has 0 aliphatic carbocycles. The average Bonchev–Trinajstić information content (AvgIpc) is 2.59. The molecule has 0 bridgehead atoms. The van der Waals surface area contributed by atoms with Gasteiger partial charge in [0.05, 0.1) is 5.52 Å². The van der Waals surface area contributed by atoms with Crippen LogP contribution in [-0.2, 0) is 4.79 Å². The zero-order chi connectivity index (χ0) is 18.8. The number of carbonyl (C=O) groups is 1. The van der Waals surface area contributed by atoms with Crippen LogP contribution in [-0.4, -0.2) is 27.7 Å². The number of nitrogens with zero attached hydrogens (tertiary/aromatic N) is 1. The van der Waals surface area contributed by atoms with Gasteiger partial charge in [0.15, 0.2) is 0 Å². The molecule has 0 saturated carbocycles. The Kier molecular flexibility index (Phi) is 4.75. The van der Waals surface area contributed by atoms with Crippen LogP contribution in [0, 0.1) is 5.82 Å². The van der Waals surface area contributed by atoms with Gasteiger partial charge in [0.25, 0.3) is 0 Å². The highest BCUT2D eigenvalue weighted by Gasteiger charge is 2.20. The number of carboxylic acid groups (broad SMARTS) is 1. The molecule has 0 aliphatic rings. The molecule has 5 nitrogen and oxygen atoms in total. The van der Waals surface area contributed by atoms with Crippen molar-refractivity contribution in [3.63, 3.8) is 0 Å². The van der Waals surface area contributed by atoms with E-state index in [0.29, 0.717) is 11.3 Å². The molecule has 0 spiro atoms. The van der Waals surface area contributed by atoms with Gasteiger partial charge in [-0.2, -0.15) is 0 Å². The Balaban J connectivity index is 2.34. The van der Waals surface area contributed by atoms with Crippen molar-refractivity contribution < 1.29 is 19.4 Å². The largest absolute Gasteiger partial charge is 0.508 e. The molecular weight excluding hydrogens is 335 g/mol. The number of aromatic hydroxyl groups is 1. The molecule has 0 unspecified atom stereocenters. The van der Waals surface area contributed by atoms with Gasteiger partial charge in [0, 0.05) is 17.0 Å². The van der Waals surface area contributed by atoms with Gasteiger partial charge in [-0.3, -0.25) is 4.79 Å². The molecule has 3 rings (SSSR count). The van der Waals surface area contributed by atoms with Gasteiger partial charge in [-0.05, 0) is 41.3 Å². The van der Waals surface area contributed by atoms with Crippen molar-refractivity contribution in [1.82, 2.24) is 4.98 Å². The fourth-order valence-electron chi connectivity index (χ4n) is 3.05. The first-order valence-corrected chi connectivity index (χ1v) is 8.25. The molecule has 6 heteroatoms. The number of carboxylic acids is 1. The number of anilines is 1. The first-order valence-electron chi connectivity index (χ1n) is 8.25. The molecule has 1 heterocycles. The molecule has 3 N–H and O–H groups in total. The molecule has 2 aromatic carbocycles. The normalized spacial score (nSPS) is 11.1. The van der Waals surface area contributed by atoms with Crippen LogP contribution in [0.25, 0.3) is 22.0 Å². The van der Waals surface area contributed by atoms with Crippen molar-refractivity contribution >= 4 is 22.7 Å². The van der Waals surface area contributed by atoms with Crippen molar-refractivity contribution in [3.05, 3.63) is 53.8 Å². The summed E-state index contributed by atoms with van der Waals surface area (Å²) in [4.78, 5) is 15.5. The topological polar surface area (TPSA) is 82.5 Å². The third kappa shape index (κ3) is 3.44. The standard InChI is InChI=1S/C20H19FN2O3/c1-11(2)18-19(12-3-5-13(21)6-4-12)15-8-7-14(24)9-16(15)23-20(18)22-10-17(25)26/h3-9,11,24H,10H2,1-2H3,(H,22,23)(H,25,26). The maximum absolute atomic E-state index is 13.4. The number of phenolic OH excluding ortho intramolecular Hbond substituents is 1. The fraction of sp³-hybridized carbons (Fsp3) is 0.200. The number of aromatic nitrogens is 1. The van der Waals surface area contributed by atoms with Crippen molar-refractivity contribution in [2.75, 3.05) is 11.9 Å². The van der Waals surface area contributed by atoms with Crippen LogP contribution in [0.2, 0.25) is 0 Å². The lowest BCUT2D eigenvalue weighted by atomic mass is 9.89. The molecule has 134 valence electrons. The van der Waals surface area contributed by atoms with E-state index in [1.165, 1.54) is 18.2 Å². The number of halogens is 1. The van der Waals surface area contributed by atoms with E-state index in [0.717, 1.165) is 22.1 Å². The Labute approximate surface area is 150 Å². The first kappa shape index (κ1) is 17.7. The lowest BCUT2D eigenvalue weighted by molar-refractivity contribution is -0.134. The van der Waals surface area contributed by atoms with Crippen LogP contribution in [0.1, 0.15) is 25.3 Å². The van der Waals surface area contributed by atoms with E-state index >= 15 is 0 Å². The predicted octanol–water partition coefficient (Wildman–Crippen LogP) is 4.37. The number of hydrogen-bond acceptors (Lipinski definition) is 4. The SMILES string of the molecule is CC(C)c1c(NCC(=O)O)nc2cc(O)ccc2c1-c1ccc(F)cc1. The molecule has 3 aromatic rings. The molecule has 1 aromatic heterocycles. The summed E-state index contributed by atoms with van der Waals surface area (Å²) in [6, 6.07) is 11.0. The third-order valence-electron chi connectivity index (χ3n) is 4.12. The molecular formula is C20H19FN2O3. The zero-order valence-electron chi connectivity index (χ0n) is 14.5. The molecule has 0 atom stereocenters. The Bertz CT molecular complexity index is 969. The van der Waals surface area contributed by atoms with E-state index in [4.69, 9.17) is 5.11 Å². The van der Waals surface area contributed by atoms with E-state index in [2.05, 4.69) is 10.3 Å². The Hall–Kier alpha value is -3.15. The molecule has 0 amide bonds. The van der Waals surface area contributed by atoms with Gasteiger partial charge in [-0.1, -0.05) is 26.0 Å². The minimum atomic E-state index is -0.999. The van der Waals surface area contributed by atoms with Crippen LogP contribution in [0.15, 0.2) is 42.5 Å².